The average molecular weight is 384 g/mol. The van der Waals surface area contributed by atoms with E-state index in [1.165, 1.54) is 12.1 Å². The Morgan fingerprint density at radius 3 is 2.46 bits per heavy atom. The van der Waals surface area contributed by atoms with Gasteiger partial charge in [-0.3, -0.25) is 0 Å². The van der Waals surface area contributed by atoms with Crippen LogP contribution < -0.4 is 10.2 Å². The highest BCUT2D eigenvalue weighted by Crippen LogP contribution is 2.22. The quantitative estimate of drug-likeness (QED) is 0.760. The van der Waals surface area contributed by atoms with Gasteiger partial charge >= 0.3 is 0 Å². The van der Waals surface area contributed by atoms with Crippen LogP contribution in [0.3, 0.4) is 0 Å². The lowest BCUT2D eigenvalue weighted by molar-refractivity contribution is 0.391. The third-order valence-electron chi connectivity index (χ3n) is 3.91. The predicted molar refractivity (Wildman–Crippen MR) is 103 cm³/mol. The number of benzene rings is 2. The summed E-state index contributed by atoms with van der Waals surface area (Å²) < 4.78 is 13.2. The van der Waals surface area contributed by atoms with Crippen LogP contribution >= 0.6 is 35.4 Å². The minimum atomic E-state index is -0.441. The van der Waals surface area contributed by atoms with E-state index in [-0.39, 0.29) is 5.02 Å². The maximum absolute atomic E-state index is 13.2. The van der Waals surface area contributed by atoms with Crippen LogP contribution in [0.25, 0.3) is 0 Å². The molecule has 24 heavy (non-hydrogen) atoms. The lowest BCUT2D eigenvalue weighted by Gasteiger charge is -2.37. The van der Waals surface area contributed by atoms with Crippen LogP contribution in [0, 0.1) is 5.82 Å². The van der Waals surface area contributed by atoms with Crippen molar-refractivity contribution >= 4 is 51.9 Å². The largest absolute Gasteiger partial charge is 0.368 e. The topological polar surface area (TPSA) is 18.5 Å². The van der Waals surface area contributed by atoms with Crippen molar-refractivity contribution in [1.29, 1.82) is 0 Å². The third-order valence-corrected chi connectivity index (χ3v) is 4.80. The summed E-state index contributed by atoms with van der Waals surface area (Å²) in [6.07, 6.45) is 0. The fraction of sp³-hybridized carbons (Fsp3) is 0.235. The van der Waals surface area contributed by atoms with Crippen LogP contribution in [0.15, 0.2) is 42.5 Å². The first-order chi connectivity index (χ1) is 11.5. The molecule has 0 atom stereocenters. The van der Waals surface area contributed by atoms with E-state index in [2.05, 4.69) is 21.2 Å². The van der Waals surface area contributed by atoms with Crippen molar-refractivity contribution in [3.05, 3.63) is 58.3 Å². The zero-order chi connectivity index (χ0) is 17.1. The third kappa shape index (κ3) is 4.09. The number of nitrogens with one attached hydrogen (secondary N) is 1. The highest BCUT2D eigenvalue weighted by Gasteiger charge is 2.19. The summed E-state index contributed by atoms with van der Waals surface area (Å²) in [6.45, 7) is 3.30. The molecule has 1 heterocycles. The van der Waals surface area contributed by atoms with Gasteiger partial charge in [-0.25, -0.2) is 4.39 Å². The Balaban J connectivity index is 1.58. The zero-order valence-corrected chi connectivity index (χ0v) is 15.1. The smallest absolute Gasteiger partial charge is 0.173 e. The molecule has 0 radical (unpaired) electrons. The molecule has 3 nitrogen and oxygen atoms in total. The molecule has 0 spiro atoms. The fourth-order valence-corrected chi connectivity index (χ4v) is 3.28. The summed E-state index contributed by atoms with van der Waals surface area (Å²) in [4.78, 5) is 4.37. The Kier molecular flexibility index (Phi) is 5.43. The number of rotatable bonds is 2. The minimum absolute atomic E-state index is 0.0774. The molecule has 7 heteroatoms. The number of piperazine rings is 1. The maximum Gasteiger partial charge on any atom is 0.173 e. The Labute approximate surface area is 156 Å². The summed E-state index contributed by atoms with van der Waals surface area (Å²) in [7, 11) is 0. The van der Waals surface area contributed by atoms with Gasteiger partial charge in [-0.05, 0) is 48.6 Å². The molecule has 0 unspecified atom stereocenters. The number of halogens is 3. The Morgan fingerprint density at radius 1 is 1.04 bits per heavy atom. The van der Waals surface area contributed by atoms with Crippen LogP contribution in [0.1, 0.15) is 0 Å². The number of hydrogen-bond acceptors (Lipinski definition) is 2. The Bertz CT molecular complexity index is 748. The van der Waals surface area contributed by atoms with Gasteiger partial charge in [0.2, 0.25) is 0 Å². The van der Waals surface area contributed by atoms with Crippen LogP contribution in [0.2, 0.25) is 10.0 Å². The van der Waals surface area contributed by atoms with Gasteiger partial charge in [-0.15, -0.1) is 0 Å². The van der Waals surface area contributed by atoms with E-state index in [0.717, 1.165) is 36.9 Å². The summed E-state index contributed by atoms with van der Waals surface area (Å²) in [5, 5.41) is 4.54. The highest BCUT2D eigenvalue weighted by atomic mass is 35.5. The van der Waals surface area contributed by atoms with Crippen LogP contribution in [0.4, 0.5) is 15.8 Å². The van der Waals surface area contributed by atoms with Crippen LogP contribution in [-0.4, -0.2) is 36.2 Å². The first kappa shape index (κ1) is 17.3. The van der Waals surface area contributed by atoms with E-state index < -0.39 is 5.82 Å². The molecule has 126 valence electrons. The lowest BCUT2D eigenvalue weighted by Crippen LogP contribution is -2.50. The Morgan fingerprint density at radius 2 is 1.79 bits per heavy atom. The molecular weight excluding hydrogens is 368 g/mol. The van der Waals surface area contributed by atoms with E-state index in [0.29, 0.717) is 10.8 Å². The number of hydrogen-bond donors (Lipinski definition) is 1. The normalized spacial score (nSPS) is 14.6. The molecule has 1 aliphatic rings. The van der Waals surface area contributed by atoms with E-state index >= 15 is 0 Å². The molecule has 1 fully saturated rings. The molecule has 1 aliphatic heterocycles. The van der Waals surface area contributed by atoms with E-state index in [4.69, 9.17) is 35.4 Å². The highest BCUT2D eigenvalue weighted by molar-refractivity contribution is 7.80. The first-order valence-electron chi connectivity index (χ1n) is 7.54. The van der Waals surface area contributed by atoms with Crippen molar-refractivity contribution in [1.82, 2.24) is 4.90 Å². The molecule has 2 aromatic rings. The van der Waals surface area contributed by atoms with Gasteiger partial charge in [0, 0.05) is 42.6 Å². The molecule has 0 bridgehead atoms. The van der Waals surface area contributed by atoms with Gasteiger partial charge < -0.3 is 15.1 Å². The predicted octanol–water partition coefficient (Wildman–Crippen LogP) is 4.65. The number of thiocarbonyl (C=S) groups is 1. The van der Waals surface area contributed by atoms with Crippen molar-refractivity contribution in [3.63, 3.8) is 0 Å². The molecule has 0 saturated carbocycles. The van der Waals surface area contributed by atoms with Crippen molar-refractivity contribution in [2.45, 2.75) is 0 Å². The molecular formula is C17H16Cl2FN3S. The van der Waals surface area contributed by atoms with Crippen LogP contribution in [-0.2, 0) is 0 Å². The van der Waals surface area contributed by atoms with Gasteiger partial charge in [-0.2, -0.15) is 0 Å². The molecule has 1 N–H and O–H groups in total. The molecule has 2 aromatic carbocycles. The van der Waals surface area contributed by atoms with Gasteiger partial charge in [0.1, 0.15) is 5.82 Å². The monoisotopic (exact) mass is 383 g/mol. The number of nitrogens with zero attached hydrogens (tertiary/aromatic N) is 2. The van der Waals surface area contributed by atoms with Crippen molar-refractivity contribution in [3.8, 4) is 0 Å². The molecule has 0 aliphatic carbocycles. The molecule has 0 amide bonds. The summed E-state index contributed by atoms with van der Waals surface area (Å²) in [5.41, 5.74) is 1.80. The van der Waals surface area contributed by atoms with Gasteiger partial charge in [0.05, 0.1) is 5.02 Å². The molecule has 3 rings (SSSR count). The second-order valence-electron chi connectivity index (χ2n) is 5.51. The van der Waals surface area contributed by atoms with Gasteiger partial charge in [0.25, 0.3) is 0 Å². The Hall–Kier alpha value is -1.56. The number of anilines is 2. The molecule has 1 saturated heterocycles. The summed E-state index contributed by atoms with van der Waals surface area (Å²) in [6, 6.07) is 12.3. The lowest BCUT2D eigenvalue weighted by atomic mass is 10.2. The van der Waals surface area contributed by atoms with Crippen molar-refractivity contribution in [2.24, 2.45) is 0 Å². The van der Waals surface area contributed by atoms with Crippen molar-refractivity contribution in [2.75, 3.05) is 36.4 Å². The summed E-state index contributed by atoms with van der Waals surface area (Å²) in [5.74, 6) is -0.441. The first-order valence-corrected chi connectivity index (χ1v) is 8.71. The second kappa shape index (κ2) is 7.55. The van der Waals surface area contributed by atoms with Gasteiger partial charge in [0.15, 0.2) is 5.11 Å². The second-order valence-corrected chi connectivity index (χ2v) is 6.74. The maximum atomic E-state index is 13.2. The SMILES string of the molecule is Fc1ccc(NC(=S)N2CCN(c3cccc(Cl)c3)CC2)cc1Cl. The van der Waals surface area contributed by atoms with E-state index in [9.17, 15) is 4.39 Å². The summed E-state index contributed by atoms with van der Waals surface area (Å²) >= 11 is 17.3. The van der Waals surface area contributed by atoms with E-state index in [1.807, 2.05) is 18.2 Å². The van der Waals surface area contributed by atoms with E-state index in [1.54, 1.807) is 6.07 Å². The standard InChI is InChI=1S/C17H16Cl2FN3S/c18-12-2-1-3-14(10-12)22-6-8-23(9-7-22)17(24)21-13-4-5-16(20)15(19)11-13/h1-5,10-11H,6-9H2,(H,21,24). The van der Waals surface area contributed by atoms with Gasteiger partial charge in [-0.1, -0.05) is 29.3 Å². The fourth-order valence-electron chi connectivity index (χ4n) is 2.62. The minimum Gasteiger partial charge on any atom is -0.368 e. The van der Waals surface area contributed by atoms with Crippen molar-refractivity contribution < 1.29 is 4.39 Å². The zero-order valence-electron chi connectivity index (χ0n) is 12.8. The molecule has 0 aromatic heterocycles. The van der Waals surface area contributed by atoms with Crippen LogP contribution in [0.5, 0.6) is 0 Å². The average Bonchev–Trinajstić information content (AvgIpc) is 2.58.